The molecule has 0 aromatic heterocycles. The molecule has 0 heterocycles. The Hall–Kier alpha value is -1.67. The number of nitrogens with one attached hydrogen (secondary N) is 2. The van der Waals surface area contributed by atoms with Gasteiger partial charge in [0.25, 0.3) is 0 Å². The van der Waals surface area contributed by atoms with Gasteiger partial charge in [0.1, 0.15) is 5.82 Å². The summed E-state index contributed by atoms with van der Waals surface area (Å²) in [6.45, 7) is 3.77. The fourth-order valence-electron chi connectivity index (χ4n) is 2.47. The van der Waals surface area contributed by atoms with Crippen LogP contribution in [0, 0.1) is 5.82 Å². The van der Waals surface area contributed by atoms with E-state index in [0.717, 1.165) is 24.1 Å². The van der Waals surface area contributed by atoms with Crippen LogP contribution in [0.4, 0.5) is 4.39 Å². The van der Waals surface area contributed by atoms with E-state index in [4.69, 9.17) is 0 Å². The quantitative estimate of drug-likeness (QED) is 0.315. The van der Waals surface area contributed by atoms with Crippen molar-refractivity contribution in [2.24, 2.45) is 4.99 Å². The van der Waals surface area contributed by atoms with Gasteiger partial charge in [-0.1, -0.05) is 42.5 Å². The normalized spacial score (nSPS) is 12.2. The molecule has 2 rings (SSSR count). The molecule has 2 aromatic carbocycles. The van der Waals surface area contributed by atoms with Crippen LogP contribution in [-0.2, 0) is 12.8 Å². The molecule has 0 radical (unpaired) electrons. The minimum absolute atomic E-state index is 0. The first-order valence-corrected chi connectivity index (χ1v) is 8.66. The number of hydrogen-bond acceptors (Lipinski definition) is 2. The maximum Gasteiger partial charge on any atom is 0.191 e. The van der Waals surface area contributed by atoms with Gasteiger partial charge in [-0.3, -0.25) is 4.99 Å². The molecule has 1 unspecified atom stereocenters. The van der Waals surface area contributed by atoms with Gasteiger partial charge in [0.2, 0.25) is 0 Å². The molecule has 0 bridgehead atoms. The Morgan fingerprint density at radius 2 is 1.73 bits per heavy atom. The van der Waals surface area contributed by atoms with E-state index in [1.807, 2.05) is 37.3 Å². The van der Waals surface area contributed by atoms with E-state index in [1.165, 1.54) is 12.1 Å². The highest BCUT2D eigenvalue weighted by Crippen LogP contribution is 2.04. The summed E-state index contributed by atoms with van der Waals surface area (Å²) >= 11 is 0. The third-order valence-corrected chi connectivity index (χ3v) is 3.74. The first-order valence-electron chi connectivity index (χ1n) is 8.66. The third kappa shape index (κ3) is 8.62. The fraction of sp³-hybridized carbons (Fsp3) is 0.350. The zero-order valence-electron chi connectivity index (χ0n) is 15.0. The summed E-state index contributed by atoms with van der Waals surface area (Å²) in [5, 5.41) is 16.6. The smallest absolute Gasteiger partial charge is 0.191 e. The molecule has 3 N–H and O–H groups in total. The molecule has 0 fully saturated rings. The number of aliphatic imine (C=N–C) groups is 1. The average Bonchev–Trinajstić information content (AvgIpc) is 2.62. The van der Waals surface area contributed by atoms with Gasteiger partial charge in [-0.2, -0.15) is 0 Å². The number of aliphatic hydroxyl groups excluding tert-OH is 1. The van der Waals surface area contributed by atoms with Gasteiger partial charge in [0, 0.05) is 19.5 Å². The van der Waals surface area contributed by atoms with Crippen molar-refractivity contribution in [1.82, 2.24) is 10.6 Å². The Morgan fingerprint density at radius 3 is 2.38 bits per heavy atom. The van der Waals surface area contributed by atoms with E-state index < -0.39 is 6.10 Å². The third-order valence-electron chi connectivity index (χ3n) is 3.74. The van der Waals surface area contributed by atoms with Gasteiger partial charge < -0.3 is 15.7 Å². The van der Waals surface area contributed by atoms with Crippen LogP contribution in [0.3, 0.4) is 0 Å². The standard InChI is InChI=1S/C20H26FN3O.HI/c1-2-22-20(23-13-12-16-8-10-18(21)11-9-16)24-15-19(25)14-17-6-4-3-5-7-17;/h3-11,19,25H,2,12-15H2,1H3,(H2,22,23,24);1H. The number of rotatable bonds is 8. The van der Waals surface area contributed by atoms with E-state index >= 15 is 0 Å². The summed E-state index contributed by atoms with van der Waals surface area (Å²) in [6.07, 6.45) is 0.839. The van der Waals surface area contributed by atoms with Crippen LogP contribution in [0.1, 0.15) is 18.1 Å². The van der Waals surface area contributed by atoms with Crippen molar-refractivity contribution in [1.29, 1.82) is 0 Å². The average molecular weight is 471 g/mol. The highest BCUT2D eigenvalue weighted by molar-refractivity contribution is 14.0. The molecule has 0 saturated heterocycles. The summed E-state index contributed by atoms with van der Waals surface area (Å²) in [6, 6.07) is 16.4. The van der Waals surface area contributed by atoms with Crippen LogP contribution in [0.25, 0.3) is 0 Å². The van der Waals surface area contributed by atoms with Crippen LogP contribution < -0.4 is 10.6 Å². The molecular weight excluding hydrogens is 444 g/mol. The molecule has 26 heavy (non-hydrogen) atoms. The largest absolute Gasteiger partial charge is 0.391 e. The van der Waals surface area contributed by atoms with E-state index in [0.29, 0.717) is 25.5 Å². The lowest BCUT2D eigenvalue weighted by Gasteiger charge is -2.13. The molecule has 6 heteroatoms. The zero-order chi connectivity index (χ0) is 17.9. The Balaban J connectivity index is 0.00000338. The number of nitrogens with zero attached hydrogens (tertiary/aromatic N) is 1. The van der Waals surface area contributed by atoms with E-state index in [9.17, 15) is 9.50 Å². The topological polar surface area (TPSA) is 56.7 Å². The van der Waals surface area contributed by atoms with Crippen LogP contribution in [-0.4, -0.2) is 36.8 Å². The Labute approximate surface area is 172 Å². The molecule has 0 aliphatic rings. The summed E-state index contributed by atoms with van der Waals surface area (Å²) < 4.78 is 12.9. The van der Waals surface area contributed by atoms with Crippen molar-refractivity contribution in [3.05, 3.63) is 71.5 Å². The van der Waals surface area contributed by atoms with Crippen molar-refractivity contribution in [3.63, 3.8) is 0 Å². The predicted molar refractivity (Wildman–Crippen MR) is 116 cm³/mol. The van der Waals surface area contributed by atoms with Crippen molar-refractivity contribution in [2.75, 3.05) is 19.6 Å². The van der Waals surface area contributed by atoms with Crippen LogP contribution >= 0.6 is 24.0 Å². The number of aliphatic hydroxyl groups is 1. The predicted octanol–water partition coefficient (Wildman–Crippen LogP) is 3.14. The molecule has 0 saturated carbocycles. The van der Waals surface area contributed by atoms with Crippen LogP contribution in [0.15, 0.2) is 59.6 Å². The Bertz CT molecular complexity index is 650. The molecule has 142 valence electrons. The molecule has 0 amide bonds. The lowest BCUT2D eigenvalue weighted by Crippen LogP contribution is -2.39. The highest BCUT2D eigenvalue weighted by atomic mass is 127. The number of halogens is 2. The van der Waals surface area contributed by atoms with Crippen LogP contribution in [0.5, 0.6) is 0 Å². The minimum Gasteiger partial charge on any atom is -0.391 e. The van der Waals surface area contributed by atoms with Crippen molar-refractivity contribution in [2.45, 2.75) is 25.9 Å². The molecular formula is C20H27FIN3O. The first kappa shape index (κ1) is 22.4. The first-order chi connectivity index (χ1) is 12.2. The second kappa shape index (κ2) is 12.6. The molecule has 1 atom stereocenters. The van der Waals surface area contributed by atoms with Crippen molar-refractivity contribution in [3.8, 4) is 0 Å². The van der Waals surface area contributed by atoms with Gasteiger partial charge in [0.05, 0.1) is 12.6 Å². The second-order valence-corrected chi connectivity index (χ2v) is 5.87. The maximum atomic E-state index is 12.9. The monoisotopic (exact) mass is 471 g/mol. The Kier molecular flexibility index (Phi) is 10.9. The van der Waals surface area contributed by atoms with E-state index in [1.54, 1.807) is 12.1 Å². The van der Waals surface area contributed by atoms with Gasteiger partial charge in [-0.25, -0.2) is 4.39 Å². The van der Waals surface area contributed by atoms with Gasteiger partial charge in [-0.15, -0.1) is 24.0 Å². The lowest BCUT2D eigenvalue weighted by atomic mass is 10.1. The Morgan fingerprint density at radius 1 is 1.04 bits per heavy atom. The SMILES string of the molecule is CCNC(=NCC(O)Cc1ccccc1)NCCc1ccc(F)cc1.I. The summed E-state index contributed by atoms with van der Waals surface area (Å²) in [5.74, 6) is 0.454. The maximum absolute atomic E-state index is 12.9. The molecule has 4 nitrogen and oxygen atoms in total. The van der Waals surface area contributed by atoms with Crippen LogP contribution in [0.2, 0.25) is 0 Å². The van der Waals surface area contributed by atoms with Crippen molar-refractivity contribution < 1.29 is 9.50 Å². The fourth-order valence-corrected chi connectivity index (χ4v) is 2.47. The van der Waals surface area contributed by atoms with Gasteiger partial charge >= 0.3 is 0 Å². The number of benzene rings is 2. The molecule has 0 spiro atoms. The van der Waals surface area contributed by atoms with Crippen molar-refractivity contribution >= 4 is 29.9 Å². The molecule has 2 aromatic rings. The number of hydrogen-bond donors (Lipinski definition) is 3. The highest BCUT2D eigenvalue weighted by Gasteiger charge is 2.06. The van der Waals surface area contributed by atoms with Gasteiger partial charge in [0.15, 0.2) is 5.96 Å². The zero-order valence-corrected chi connectivity index (χ0v) is 17.3. The summed E-state index contributed by atoms with van der Waals surface area (Å²) in [4.78, 5) is 4.44. The molecule has 0 aliphatic heterocycles. The van der Waals surface area contributed by atoms with Gasteiger partial charge in [-0.05, 0) is 36.6 Å². The summed E-state index contributed by atoms with van der Waals surface area (Å²) in [7, 11) is 0. The minimum atomic E-state index is -0.519. The second-order valence-electron chi connectivity index (χ2n) is 5.87. The van der Waals surface area contributed by atoms with E-state index in [-0.39, 0.29) is 29.8 Å². The van der Waals surface area contributed by atoms with E-state index in [2.05, 4.69) is 15.6 Å². The lowest BCUT2D eigenvalue weighted by molar-refractivity contribution is 0.183. The molecule has 0 aliphatic carbocycles. The number of guanidine groups is 1. The summed E-state index contributed by atoms with van der Waals surface area (Å²) in [5.41, 5.74) is 2.16.